The van der Waals surface area contributed by atoms with Crippen molar-refractivity contribution in [1.82, 2.24) is 0 Å². The molecule has 27 heavy (non-hydrogen) atoms. The Morgan fingerprint density at radius 1 is 0.778 bits per heavy atom. The van der Waals surface area contributed by atoms with Crippen LogP contribution in [0.3, 0.4) is 0 Å². The molecule has 0 amide bonds. The first-order valence-corrected chi connectivity index (χ1v) is 12.9. The Labute approximate surface area is 195 Å². The summed E-state index contributed by atoms with van der Waals surface area (Å²) in [4.78, 5) is 0. The van der Waals surface area contributed by atoms with Gasteiger partial charge in [0.1, 0.15) is 0 Å². The summed E-state index contributed by atoms with van der Waals surface area (Å²) in [6, 6.07) is 21.9. The zero-order valence-electron chi connectivity index (χ0n) is 16.2. The van der Waals surface area contributed by atoms with Crippen LogP contribution in [0.1, 0.15) is 24.5 Å². The smallest absolute Gasteiger partial charge is 1.00 e. The maximum Gasteiger partial charge on any atom is -1.00 e. The van der Waals surface area contributed by atoms with Crippen LogP contribution >= 0.6 is 0 Å². The molecular formula is C22H25Cl3SiTi. The van der Waals surface area contributed by atoms with E-state index in [0.717, 1.165) is 6.42 Å². The average Bonchev–Trinajstić information content (AvgIpc) is 2.98. The molecular weight excluding hydrogens is 447 g/mol. The largest absolute Gasteiger partial charge is 1.00 e. The molecule has 0 atom stereocenters. The van der Waals surface area contributed by atoms with Crippen LogP contribution in [0.2, 0.25) is 19.6 Å². The second-order valence-electron chi connectivity index (χ2n) is 7.78. The Morgan fingerprint density at radius 2 is 1.19 bits per heavy atom. The molecule has 0 N–H and O–H groups in total. The first-order chi connectivity index (χ1) is 11.3. The summed E-state index contributed by atoms with van der Waals surface area (Å²) >= 11 is 2.34. The zero-order valence-corrected chi connectivity index (χ0v) is 21.0. The number of hydrogen-bond donors (Lipinski definition) is 0. The van der Waals surface area contributed by atoms with E-state index in [9.17, 15) is 0 Å². The molecule has 0 aromatic heterocycles. The molecule has 5 heteroatoms. The predicted molar refractivity (Wildman–Crippen MR) is 102 cm³/mol. The third kappa shape index (κ3) is 5.21. The summed E-state index contributed by atoms with van der Waals surface area (Å²) in [5, 5.41) is 1.70. The Bertz CT molecular complexity index is 754. The van der Waals surface area contributed by atoms with Crippen molar-refractivity contribution in [3.8, 4) is 0 Å². The summed E-state index contributed by atoms with van der Waals surface area (Å²) in [6.45, 7) is 9.78. The Morgan fingerprint density at radius 3 is 1.52 bits per heavy atom. The van der Waals surface area contributed by atoms with Gasteiger partial charge in [-0.3, -0.25) is 0 Å². The van der Waals surface area contributed by atoms with Crippen LogP contribution in [-0.2, 0) is 25.9 Å². The monoisotopic (exact) mass is 470 g/mol. The SMILES string of the molecule is CC(C1=CCC([Si](C)(C)C)=[C]1[Ti+3])(c1ccccc1)c1ccccc1.[Cl-].[Cl-].[Cl-]. The van der Waals surface area contributed by atoms with Gasteiger partial charge < -0.3 is 37.2 Å². The molecule has 0 spiro atoms. The van der Waals surface area contributed by atoms with E-state index >= 15 is 0 Å². The third-order valence-corrected chi connectivity index (χ3v) is 8.77. The van der Waals surface area contributed by atoms with Crippen molar-refractivity contribution in [3.05, 3.63) is 92.5 Å². The molecule has 0 radical (unpaired) electrons. The quantitative estimate of drug-likeness (QED) is 0.418. The van der Waals surface area contributed by atoms with Crippen LogP contribution in [0.15, 0.2) is 81.4 Å². The fraction of sp³-hybridized carbons (Fsp3) is 0.273. The van der Waals surface area contributed by atoms with E-state index in [1.165, 1.54) is 20.6 Å². The van der Waals surface area contributed by atoms with Gasteiger partial charge in [0.05, 0.1) is 0 Å². The first-order valence-electron chi connectivity index (χ1n) is 8.62. The van der Waals surface area contributed by atoms with Gasteiger partial charge in [0.25, 0.3) is 0 Å². The minimum Gasteiger partial charge on any atom is -1.00 e. The van der Waals surface area contributed by atoms with Gasteiger partial charge in [-0.1, -0.05) is 0 Å². The molecule has 0 saturated carbocycles. The van der Waals surface area contributed by atoms with Crippen LogP contribution in [0.4, 0.5) is 0 Å². The maximum atomic E-state index is 2.49. The Hall–Kier alpha value is -0.279. The Kier molecular flexibility index (Phi) is 10.4. The van der Waals surface area contributed by atoms with Crippen molar-refractivity contribution in [2.75, 3.05) is 0 Å². The van der Waals surface area contributed by atoms with E-state index in [-0.39, 0.29) is 42.6 Å². The molecule has 142 valence electrons. The molecule has 3 rings (SSSR count). The van der Waals surface area contributed by atoms with E-state index in [0.29, 0.717) is 0 Å². The average molecular weight is 472 g/mol. The van der Waals surface area contributed by atoms with Crippen LogP contribution < -0.4 is 37.2 Å². The van der Waals surface area contributed by atoms with E-state index in [1.807, 2.05) is 0 Å². The van der Waals surface area contributed by atoms with E-state index < -0.39 is 8.07 Å². The van der Waals surface area contributed by atoms with Crippen LogP contribution in [0.25, 0.3) is 0 Å². The molecule has 0 saturated heterocycles. The van der Waals surface area contributed by atoms with Gasteiger partial charge >= 0.3 is 159 Å². The summed E-state index contributed by atoms with van der Waals surface area (Å²) in [6.07, 6.45) is 3.62. The van der Waals surface area contributed by atoms with Gasteiger partial charge in [-0.2, -0.15) is 0 Å². The molecule has 0 bridgehead atoms. The van der Waals surface area contributed by atoms with E-state index in [1.54, 1.807) is 5.20 Å². The normalized spacial score (nSPS) is 13.9. The van der Waals surface area contributed by atoms with Crippen molar-refractivity contribution < 1.29 is 57.7 Å². The minimum atomic E-state index is -1.28. The summed E-state index contributed by atoms with van der Waals surface area (Å²) in [5.41, 5.74) is 4.16. The van der Waals surface area contributed by atoms with Gasteiger partial charge in [-0.25, -0.2) is 0 Å². The third-order valence-electron chi connectivity index (χ3n) is 5.23. The first kappa shape index (κ1) is 26.7. The molecule has 0 nitrogen and oxygen atoms in total. The number of allylic oxidation sites excluding steroid dienone is 4. The van der Waals surface area contributed by atoms with E-state index in [4.69, 9.17) is 0 Å². The number of rotatable bonds is 4. The fourth-order valence-corrected chi connectivity index (χ4v) is 7.79. The molecule has 0 fully saturated rings. The van der Waals surface area contributed by atoms with Crippen molar-refractivity contribution in [3.63, 3.8) is 0 Å². The van der Waals surface area contributed by atoms with Crippen LogP contribution in [0, 0.1) is 0 Å². The summed E-state index contributed by atoms with van der Waals surface area (Å²) < 4.78 is 1.53. The van der Waals surface area contributed by atoms with Crippen LogP contribution in [-0.4, -0.2) is 8.07 Å². The maximum absolute atomic E-state index is 2.49. The molecule has 1 aliphatic carbocycles. The number of halogens is 3. The van der Waals surface area contributed by atoms with Gasteiger partial charge in [0.2, 0.25) is 0 Å². The van der Waals surface area contributed by atoms with Crippen molar-refractivity contribution in [2.45, 2.75) is 38.4 Å². The van der Waals surface area contributed by atoms with Crippen LogP contribution in [0.5, 0.6) is 0 Å². The second kappa shape index (κ2) is 10.5. The molecule has 1 aliphatic rings. The standard InChI is InChI=1S/C22H25Si.3ClH.Ti/c1-22(18-11-7-5-8-12-18,19-13-9-6-10-14-19)20-15-16-21(17-20)23(2,3)4;;;;/h5-15H,16H2,1-4H3;3*1H;/q;;;;+3/p-3. The second-order valence-corrected chi connectivity index (χ2v) is 13.7. The zero-order chi connectivity index (χ0) is 17.4. The molecule has 2 aromatic rings. The van der Waals surface area contributed by atoms with Crippen molar-refractivity contribution >= 4 is 8.07 Å². The summed E-state index contributed by atoms with van der Waals surface area (Å²) in [5.74, 6) is 0. The molecule has 0 unspecified atom stereocenters. The molecule has 0 aliphatic heterocycles. The van der Waals surface area contributed by atoms with Crippen molar-refractivity contribution in [1.29, 1.82) is 0 Å². The fourth-order valence-electron chi connectivity index (χ4n) is 3.73. The molecule has 2 aromatic carbocycles. The van der Waals surface area contributed by atoms with Gasteiger partial charge in [-0.05, 0) is 0 Å². The number of benzene rings is 2. The summed E-state index contributed by atoms with van der Waals surface area (Å²) in [7, 11) is -1.28. The van der Waals surface area contributed by atoms with Crippen molar-refractivity contribution in [2.24, 2.45) is 0 Å². The molecule has 0 heterocycles. The van der Waals surface area contributed by atoms with Gasteiger partial charge in [-0.15, -0.1) is 0 Å². The van der Waals surface area contributed by atoms with Gasteiger partial charge in [0, 0.05) is 0 Å². The minimum absolute atomic E-state index is 0. The topological polar surface area (TPSA) is 0 Å². The predicted octanol–water partition coefficient (Wildman–Crippen LogP) is -2.99. The van der Waals surface area contributed by atoms with E-state index in [2.05, 4.69) is 114 Å². The number of hydrogen-bond acceptors (Lipinski definition) is 0. The Balaban J connectivity index is 0.00000225. The van der Waals surface area contributed by atoms with Gasteiger partial charge in [0.15, 0.2) is 0 Å².